The first-order valence-corrected chi connectivity index (χ1v) is 7.37. The molecular formula is C15H15N3OS. The van der Waals surface area contributed by atoms with Gasteiger partial charge in [-0.15, -0.1) is 11.3 Å². The van der Waals surface area contributed by atoms with E-state index in [0.29, 0.717) is 0 Å². The Morgan fingerprint density at radius 1 is 1.40 bits per heavy atom. The van der Waals surface area contributed by atoms with Crippen LogP contribution in [0.5, 0.6) is 0 Å². The highest BCUT2D eigenvalue weighted by Crippen LogP contribution is 2.31. The third kappa shape index (κ3) is 2.20. The molecule has 0 aromatic carbocycles. The fourth-order valence-electron chi connectivity index (χ4n) is 2.19. The van der Waals surface area contributed by atoms with Gasteiger partial charge in [0.05, 0.1) is 12.0 Å². The third-order valence-electron chi connectivity index (χ3n) is 3.32. The molecule has 4 nitrogen and oxygen atoms in total. The summed E-state index contributed by atoms with van der Waals surface area (Å²) in [7, 11) is 0. The van der Waals surface area contributed by atoms with Gasteiger partial charge in [-0.25, -0.2) is 4.98 Å². The standard InChI is InChI=1S/C15H15N3OS/c1-3-13-12(6-10(2)15(19)17-13)14-7-11(8-20-14)18-5-4-16-9-18/h4-9H,3H2,1-2H3,(H,17,19). The van der Waals surface area contributed by atoms with Gasteiger partial charge in [-0.1, -0.05) is 6.92 Å². The van der Waals surface area contributed by atoms with Crippen LogP contribution in [0.4, 0.5) is 0 Å². The van der Waals surface area contributed by atoms with Crippen LogP contribution < -0.4 is 5.56 Å². The average molecular weight is 285 g/mol. The number of rotatable bonds is 3. The molecule has 0 atom stereocenters. The van der Waals surface area contributed by atoms with Crippen LogP contribution in [0.15, 0.2) is 41.0 Å². The highest BCUT2D eigenvalue weighted by molar-refractivity contribution is 7.13. The highest BCUT2D eigenvalue weighted by atomic mass is 32.1. The van der Waals surface area contributed by atoms with Crippen LogP contribution in [0.25, 0.3) is 16.1 Å². The lowest BCUT2D eigenvalue weighted by Gasteiger charge is -2.06. The number of pyridine rings is 1. The molecule has 0 fully saturated rings. The molecule has 0 aliphatic heterocycles. The lowest BCUT2D eigenvalue weighted by molar-refractivity contribution is 1.00. The van der Waals surface area contributed by atoms with Crippen molar-refractivity contribution < 1.29 is 0 Å². The molecule has 3 aromatic rings. The minimum Gasteiger partial charge on any atom is -0.325 e. The maximum absolute atomic E-state index is 11.7. The second-order valence-electron chi connectivity index (χ2n) is 4.67. The van der Waals surface area contributed by atoms with Crippen molar-refractivity contribution in [3.63, 3.8) is 0 Å². The van der Waals surface area contributed by atoms with Crippen molar-refractivity contribution >= 4 is 11.3 Å². The van der Waals surface area contributed by atoms with Crippen LogP contribution in [0.1, 0.15) is 18.2 Å². The van der Waals surface area contributed by atoms with Crippen LogP contribution in [0.2, 0.25) is 0 Å². The van der Waals surface area contributed by atoms with E-state index in [9.17, 15) is 4.79 Å². The Labute approximate surface area is 120 Å². The van der Waals surface area contributed by atoms with Crippen molar-refractivity contribution in [3.8, 4) is 16.1 Å². The second kappa shape index (κ2) is 5.09. The monoisotopic (exact) mass is 285 g/mol. The molecule has 0 spiro atoms. The van der Waals surface area contributed by atoms with E-state index in [-0.39, 0.29) is 5.56 Å². The summed E-state index contributed by atoms with van der Waals surface area (Å²) in [4.78, 5) is 19.9. The van der Waals surface area contributed by atoms with Gasteiger partial charge in [0.2, 0.25) is 0 Å². The van der Waals surface area contributed by atoms with Gasteiger partial charge in [0, 0.05) is 39.5 Å². The molecule has 20 heavy (non-hydrogen) atoms. The normalized spacial score (nSPS) is 10.9. The number of thiophene rings is 1. The van der Waals surface area contributed by atoms with Crippen molar-refractivity contribution in [2.75, 3.05) is 0 Å². The molecular weight excluding hydrogens is 270 g/mol. The minimum atomic E-state index is -0.00279. The van der Waals surface area contributed by atoms with Gasteiger partial charge in [-0.2, -0.15) is 0 Å². The van der Waals surface area contributed by atoms with E-state index >= 15 is 0 Å². The van der Waals surface area contributed by atoms with Crippen LogP contribution in [0.3, 0.4) is 0 Å². The molecule has 0 saturated heterocycles. The number of nitrogens with one attached hydrogen (secondary N) is 1. The number of imidazole rings is 1. The number of H-pyrrole nitrogens is 1. The fourth-order valence-corrected chi connectivity index (χ4v) is 3.12. The number of aromatic amines is 1. The summed E-state index contributed by atoms with van der Waals surface area (Å²) in [5, 5.41) is 2.09. The molecule has 1 N–H and O–H groups in total. The summed E-state index contributed by atoms with van der Waals surface area (Å²) in [5.41, 5.74) is 3.93. The zero-order valence-corrected chi connectivity index (χ0v) is 12.2. The molecule has 0 radical (unpaired) electrons. The molecule has 3 rings (SSSR count). The molecule has 0 aliphatic carbocycles. The molecule has 3 heterocycles. The molecule has 5 heteroatoms. The lowest BCUT2D eigenvalue weighted by Crippen LogP contribution is -2.12. The van der Waals surface area contributed by atoms with E-state index in [1.807, 2.05) is 23.8 Å². The van der Waals surface area contributed by atoms with Gasteiger partial charge in [-0.3, -0.25) is 4.79 Å². The number of aromatic nitrogens is 3. The van der Waals surface area contributed by atoms with Crippen molar-refractivity contribution in [1.29, 1.82) is 0 Å². The van der Waals surface area contributed by atoms with Gasteiger partial charge in [0.1, 0.15) is 0 Å². The predicted octanol–water partition coefficient (Wildman–Crippen LogP) is 3.16. The van der Waals surface area contributed by atoms with Gasteiger partial charge in [-0.05, 0) is 25.5 Å². The largest absolute Gasteiger partial charge is 0.325 e. The van der Waals surface area contributed by atoms with Gasteiger partial charge in [0.15, 0.2) is 0 Å². The van der Waals surface area contributed by atoms with Gasteiger partial charge < -0.3 is 9.55 Å². The molecule has 3 aromatic heterocycles. The summed E-state index contributed by atoms with van der Waals surface area (Å²) >= 11 is 1.67. The van der Waals surface area contributed by atoms with Crippen molar-refractivity contribution in [3.05, 3.63) is 57.8 Å². The van der Waals surface area contributed by atoms with E-state index in [4.69, 9.17) is 0 Å². The highest BCUT2D eigenvalue weighted by Gasteiger charge is 2.10. The molecule has 102 valence electrons. The molecule has 0 saturated carbocycles. The molecule has 0 aliphatic rings. The Morgan fingerprint density at radius 3 is 2.95 bits per heavy atom. The quantitative estimate of drug-likeness (QED) is 0.803. The van der Waals surface area contributed by atoms with Crippen LogP contribution >= 0.6 is 11.3 Å². The predicted molar refractivity (Wildman–Crippen MR) is 81.6 cm³/mol. The van der Waals surface area contributed by atoms with E-state index in [1.54, 1.807) is 23.9 Å². The fraction of sp³-hybridized carbons (Fsp3) is 0.200. The summed E-state index contributed by atoms with van der Waals surface area (Å²) in [5.74, 6) is 0. The Hall–Kier alpha value is -2.14. The zero-order valence-electron chi connectivity index (χ0n) is 11.4. The molecule has 0 unspecified atom stereocenters. The van der Waals surface area contributed by atoms with Crippen molar-refractivity contribution in [2.24, 2.45) is 0 Å². The van der Waals surface area contributed by atoms with Crippen LogP contribution in [-0.2, 0) is 6.42 Å². The van der Waals surface area contributed by atoms with Crippen molar-refractivity contribution in [1.82, 2.24) is 14.5 Å². The first kappa shape index (κ1) is 12.9. The number of aryl methyl sites for hydroxylation is 2. The Kier molecular flexibility index (Phi) is 3.28. The Balaban J connectivity index is 2.10. The minimum absolute atomic E-state index is 0.00279. The molecule has 0 amide bonds. The SMILES string of the molecule is CCc1[nH]c(=O)c(C)cc1-c1cc(-n2ccnc2)cs1. The van der Waals surface area contributed by atoms with Crippen LogP contribution in [0, 0.1) is 6.92 Å². The van der Waals surface area contributed by atoms with E-state index in [1.165, 1.54) is 0 Å². The van der Waals surface area contributed by atoms with Gasteiger partial charge >= 0.3 is 0 Å². The first-order valence-electron chi connectivity index (χ1n) is 6.49. The average Bonchev–Trinajstić information content (AvgIpc) is 3.10. The Morgan fingerprint density at radius 2 is 2.25 bits per heavy atom. The summed E-state index contributed by atoms with van der Waals surface area (Å²) in [6.07, 6.45) is 6.28. The van der Waals surface area contributed by atoms with Gasteiger partial charge in [0.25, 0.3) is 5.56 Å². The second-order valence-corrected chi connectivity index (χ2v) is 5.58. The smallest absolute Gasteiger partial charge is 0.251 e. The molecule has 0 bridgehead atoms. The van der Waals surface area contributed by atoms with Crippen molar-refractivity contribution in [2.45, 2.75) is 20.3 Å². The maximum atomic E-state index is 11.7. The third-order valence-corrected chi connectivity index (χ3v) is 4.27. The van der Waals surface area contributed by atoms with E-state index in [2.05, 4.69) is 28.3 Å². The first-order chi connectivity index (χ1) is 9.69. The maximum Gasteiger partial charge on any atom is 0.251 e. The zero-order chi connectivity index (χ0) is 14.1. The number of hydrogen-bond donors (Lipinski definition) is 1. The van der Waals surface area contributed by atoms with E-state index in [0.717, 1.165) is 33.8 Å². The summed E-state index contributed by atoms with van der Waals surface area (Å²) < 4.78 is 1.98. The van der Waals surface area contributed by atoms with Crippen LogP contribution in [-0.4, -0.2) is 14.5 Å². The summed E-state index contributed by atoms with van der Waals surface area (Å²) in [6, 6.07) is 4.10. The summed E-state index contributed by atoms with van der Waals surface area (Å²) in [6.45, 7) is 3.89. The Bertz CT molecular complexity index is 784. The topological polar surface area (TPSA) is 50.7 Å². The number of nitrogens with zero attached hydrogens (tertiary/aromatic N) is 2. The number of hydrogen-bond acceptors (Lipinski definition) is 3. The van der Waals surface area contributed by atoms with E-state index < -0.39 is 0 Å². The lowest BCUT2D eigenvalue weighted by atomic mass is 10.1.